The van der Waals surface area contributed by atoms with Crippen LogP contribution in [0.1, 0.15) is 90.9 Å². The first kappa shape index (κ1) is 18.8. The summed E-state index contributed by atoms with van der Waals surface area (Å²) in [7, 11) is 0. The van der Waals surface area contributed by atoms with Crippen LogP contribution in [0.4, 0.5) is 0 Å². The second kappa shape index (κ2) is 14.2. The molecule has 0 aliphatic carbocycles. The summed E-state index contributed by atoms with van der Waals surface area (Å²) in [6.07, 6.45) is 14.7. The van der Waals surface area contributed by atoms with Gasteiger partial charge in [-0.25, -0.2) is 0 Å². The molecule has 2 nitrogen and oxygen atoms in total. The predicted molar refractivity (Wildman–Crippen MR) is 82.5 cm³/mol. The van der Waals surface area contributed by atoms with Crippen molar-refractivity contribution in [2.75, 3.05) is 0 Å². The normalized spacial score (nSPS) is 12.4. The minimum absolute atomic E-state index is 0.168. The van der Waals surface area contributed by atoms with Gasteiger partial charge in [0.05, 0.1) is 0 Å². The van der Waals surface area contributed by atoms with Gasteiger partial charge in [-0.05, 0) is 13.3 Å². The van der Waals surface area contributed by atoms with Crippen LogP contribution >= 0.6 is 11.6 Å². The van der Waals surface area contributed by atoms with Crippen LogP contribution in [0.15, 0.2) is 0 Å². The molecular weight excluding hydrogens is 260 g/mol. The van der Waals surface area contributed by atoms with E-state index in [2.05, 4.69) is 6.92 Å². The largest absolute Gasteiger partial charge is 0.446 e. The minimum Gasteiger partial charge on any atom is -0.446 e. The Morgan fingerprint density at radius 3 is 1.74 bits per heavy atom. The fraction of sp³-hybridized carbons (Fsp3) is 0.938. The molecule has 114 valence electrons. The molecule has 0 bridgehead atoms. The van der Waals surface area contributed by atoms with E-state index in [1.165, 1.54) is 57.8 Å². The fourth-order valence-electron chi connectivity index (χ4n) is 2.17. The molecule has 3 heteroatoms. The first-order valence-corrected chi connectivity index (χ1v) is 8.44. The summed E-state index contributed by atoms with van der Waals surface area (Å²) < 4.78 is 4.87. The van der Waals surface area contributed by atoms with Crippen LogP contribution in [0.2, 0.25) is 0 Å². The van der Waals surface area contributed by atoms with Gasteiger partial charge < -0.3 is 4.74 Å². The van der Waals surface area contributed by atoms with Crippen LogP contribution in [0.25, 0.3) is 0 Å². The van der Waals surface area contributed by atoms with Crippen molar-refractivity contribution >= 4 is 17.6 Å². The van der Waals surface area contributed by atoms with Gasteiger partial charge >= 0.3 is 5.97 Å². The summed E-state index contributed by atoms with van der Waals surface area (Å²) in [6.45, 7) is 3.92. The highest BCUT2D eigenvalue weighted by molar-refractivity contribution is 6.19. The zero-order valence-corrected chi connectivity index (χ0v) is 13.5. The van der Waals surface area contributed by atoms with Crippen molar-refractivity contribution in [1.29, 1.82) is 0 Å². The first-order valence-electron chi connectivity index (χ1n) is 8.00. The molecule has 0 aliphatic rings. The van der Waals surface area contributed by atoms with Gasteiger partial charge in [-0.15, -0.1) is 0 Å². The van der Waals surface area contributed by atoms with Crippen LogP contribution in [-0.4, -0.2) is 11.5 Å². The maximum Gasteiger partial charge on any atom is 0.307 e. The Bertz CT molecular complexity index is 205. The summed E-state index contributed by atoms with van der Waals surface area (Å²) in [5.74, 6) is -0.168. The maximum absolute atomic E-state index is 11.2. The highest BCUT2D eigenvalue weighted by Crippen LogP contribution is 2.12. The second-order valence-electron chi connectivity index (χ2n) is 5.32. The van der Waals surface area contributed by atoms with E-state index in [0.29, 0.717) is 6.42 Å². The molecule has 0 aromatic rings. The molecule has 0 heterocycles. The average molecular weight is 291 g/mol. The van der Waals surface area contributed by atoms with Crippen molar-refractivity contribution in [2.24, 2.45) is 0 Å². The van der Waals surface area contributed by atoms with Gasteiger partial charge in [0.1, 0.15) is 0 Å². The summed E-state index contributed by atoms with van der Waals surface area (Å²) in [4.78, 5) is 11.2. The molecule has 0 fully saturated rings. The van der Waals surface area contributed by atoms with Gasteiger partial charge in [0.25, 0.3) is 0 Å². The number of unbranched alkanes of at least 4 members (excludes halogenated alkanes) is 10. The van der Waals surface area contributed by atoms with Crippen molar-refractivity contribution in [1.82, 2.24) is 0 Å². The lowest BCUT2D eigenvalue weighted by Gasteiger charge is -2.06. The van der Waals surface area contributed by atoms with Crippen molar-refractivity contribution in [2.45, 2.75) is 96.5 Å². The lowest BCUT2D eigenvalue weighted by Crippen LogP contribution is -2.08. The first-order chi connectivity index (χ1) is 9.16. The highest BCUT2D eigenvalue weighted by atomic mass is 35.5. The summed E-state index contributed by atoms with van der Waals surface area (Å²) in [5.41, 5.74) is -0.500. The van der Waals surface area contributed by atoms with Gasteiger partial charge in [0.15, 0.2) is 5.56 Å². The number of halogens is 1. The lowest BCUT2D eigenvalue weighted by atomic mass is 10.1. The highest BCUT2D eigenvalue weighted by Gasteiger charge is 2.05. The number of alkyl halides is 1. The van der Waals surface area contributed by atoms with Gasteiger partial charge in [-0.1, -0.05) is 82.7 Å². The van der Waals surface area contributed by atoms with Gasteiger partial charge in [-0.2, -0.15) is 0 Å². The number of ether oxygens (including phenoxy) is 1. The molecule has 1 atom stereocenters. The standard InChI is InChI=1S/C16H31ClO2/c1-3-4-5-6-7-8-9-10-11-12-13-14-16(18)19-15(2)17/h15H,3-14H2,1-2H3. The molecule has 0 saturated carbocycles. The third-order valence-corrected chi connectivity index (χ3v) is 3.37. The third-order valence-electron chi connectivity index (χ3n) is 3.28. The molecule has 0 aromatic heterocycles. The van der Waals surface area contributed by atoms with Crippen molar-refractivity contribution in [3.8, 4) is 0 Å². The van der Waals surface area contributed by atoms with Crippen molar-refractivity contribution < 1.29 is 9.53 Å². The Morgan fingerprint density at radius 2 is 1.32 bits per heavy atom. The summed E-state index contributed by atoms with van der Waals surface area (Å²) in [6, 6.07) is 0. The zero-order chi connectivity index (χ0) is 14.3. The monoisotopic (exact) mass is 290 g/mol. The van der Waals surface area contributed by atoms with Gasteiger partial charge in [0.2, 0.25) is 0 Å². The number of hydrogen-bond acceptors (Lipinski definition) is 2. The molecule has 0 aromatic carbocycles. The Morgan fingerprint density at radius 1 is 0.895 bits per heavy atom. The van der Waals surface area contributed by atoms with E-state index in [4.69, 9.17) is 16.3 Å². The molecule has 0 radical (unpaired) electrons. The molecule has 0 aliphatic heterocycles. The van der Waals surface area contributed by atoms with Gasteiger partial charge in [0, 0.05) is 6.42 Å². The predicted octanol–water partition coefficient (Wildman–Crippen LogP) is 5.82. The second-order valence-corrected chi connectivity index (χ2v) is 5.93. The number of carbonyl (C=O) groups excluding carboxylic acids is 1. The van der Waals surface area contributed by atoms with Crippen LogP contribution < -0.4 is 0 Å². The van der Waals surface area contributed by atoms with E-state index in [1.807, 2.05) is 0 Å². The molecule has 0 amide bonds. The van der Waals surface area contributed by atoms with Crippen molar-refractivity contribution in [3.63, 3.8) is 0 Å². The smallest absolute Gasteiger partial charge is 0.307 e. The molecule has 0 N–H and O–H groups in total. The van der Waals surface area contributed by atoms with E-state index < -0.39 is 5.56 Å². The molecule has 0 spiro atoms. The quantitative estimate of drug-likeness (QED) is 0.243. The molecule has 19 heavy (non-hydrogen) atoms. The van der Waals surface area contributed by atoms with E-state index >= 15 is 0 Å². The summed E-state index contributed by atoms with van der Waals surface area (Å²) >= 11 is 5.57. The Labute approximate surface area is 124 Å². The van der Waals surface area contributed by atoms with Crippen molar-refractivity contribution in [3.05, 3.63) is 0 Å². The number of esters is 1. The van der Waals surface area contributed by atoms with Crippen LogP contribution in [0.5, 0.6) is 0 Å². The maximum atomic E-state index is 11.2. The zero-order valence-electron chi connectivity index (χ0n) is 12.8. The Kier molecular flexibility index (Phi) is 14.0. The average Bonchev–Trinajstić information content (AvgIpc) is 2.35. The van der Waals surface area contributed by atoms with Crippen LogP contribution in [-0.2, 0) is 9.53 Å². The van der Waals surface area contributed by atoms with E-state index in [0.717, 1.165) is 12.8 Å². The molecular formula is C16H31ClO2. The Hall–Kier alpha value is -0.240. The topological polar surface area (TPSA) is 26.3 Å². The fourth-order valence-corrected chi connectivity index (χ4v) is 2.27. The van der Waals surface area contributed by atoms with E-state index in [-0.39, 0.29) is 5.97 Å². The summed E-state index contributed by atoms with van der Waals surface area (Å²) in [5, 5.41) is 0. The number of carbonyl (C=O) groups is 1. The van der Waals surface area contributed by atoms with E-state index in [1.54, 1.807) is 6.92 Å². The molecule has 0 saturated heterocycles. The molecule has 1 unspecified atom stereocenters. The lowest BCUT2D eigenvalue weighted by molar-refractivity contribution is -0.144. The molecule has 0 rings (SSSR count). The van der Waals surface area contributed by atoms with E-state index in [9.17, 15) is 4.79 Å². The number of rotatable bonds is 13. The minimum atomic E-state index is -0.500. The third kappa shape index (κ3) is 15.7. The van der Waals surface area contributed by atoms with Crippen LogP contribution in [0, 0.1) is 0 Å². The SMILES string of the molecule is CCCCCCCCCCCCCC(=O)OC(C)Cl. The Balaban J connectivity index is 3.08. The number of hydrogen-bond donors (Lipinski definition) is 0. The van der Waals surface area contributed by atoms with Gasteiger partial charge in [-0.3, -0.25) is 4.79 Å². The van der Waals surface area contributed by atoms with Crippen LogP contribution in [0.3, 0.4) is 0 Å².